The average Bonchev–Trinajstić information content (AvgIpc) is 3.13. The van der Waals surface area contributed by atoms with Crippen molar-refractivity contribution in [1.82, 2.24) is 0 Å². The van der Waals surface area contributed by atoms with E-state index in [1.165, 1.54) is 34.9 Å². The lowest BCUT2D eigenvalue weighted by Gasteiger charge is -2.18. The summed E-state index contributed by atoms with van der Waals surface area (Å²) in [5, 5.41) is 1.28. The zero-order chi connectivity index (χ0) is 23.7. The third-order valence-electron chi connectivity index (χ3n) is 5.36. The first-order valence-electron chi connectivity index (χ1n) is 10.6. The van der Waals surface area contributed by atoms with Crippen molar-refractivity contribution >= 4 is 45.6 Å². The number of aliphatic imine (C=N–C) groups is 1. The summed E-state index contributed by atoms with van der Waals surface area (Å²) in [5.41, 5.74) is 3.51. The molecule has 168 valence electrons. The van der Waals surface area contributed by atoms with Gasteiger partial charge in [-0.2, -0.15) is 0 Å². The Morgan fingerprint density at radius 2 is 1.76 bits per heavy atom. The number of nitrogens with zero attached hydrogens (tertiary/aromatic N) is 2. The van der Waals surface area contributed by atoms with Crippen LogP contribution in [0.4, 0.5) is 10.1 Å². The molecule has 0 fully saturated rings. The van der Waals surface area contributed by atoms with E-state index in [4.69, 9.17) is 4.42 Å². The molecule has 0 unspecified atom stereocenters. The standard InChI is InChI=1S/C27H19FN2O3S/c1-17-7-12-22-19(15-25(31)33-24(22)13-17)16-34-27-29-23(14-18-5-3-2-4-6-18)26(32)30(27)21-10-8-20(28)9-11-21/h2-15H,16H2,1H3/b23-14-. The van der Waals surface area contributed by atoms with Crippen molar-refractivity contribution < 1.29 is 13.6 Å². The molecule has 3 aromatic carbocycles. The molecule has 1 aliphatic rings. The minimum absolute atomic E-state index is 0.283. The topological polar surface area (TPSA) is 62.9 Å². The van der Waals surface area contributed by atoms with E-state index < -0.39 is 5.63 Å². The average molecular weight is 471 g/mol. The zero-order valence-electron chi connectivity index (χ0n) is 18.2. The van der Waals surface area contributed by atoms with Crippen LogP contribution in [0.3, 0.4) is 0 Å². The summed E-state index contributed by atoms with van der Waals surface area (Å²) in [6.45, 7) is 1.93. The van der Waals surface area contributed by atoms with E-state index in [9.17, 15) is 14.0 Å². The Balaban J connectivity index is 1.52. The number of thioether (sulfide) groups is 1. The lowest BCUT2D eigenvalue weighted by atomic mass is 10.1. The van der Waals surface area contributed by atoms with Gasteiger partial charge in [-0.05, 0) is 60.0 Å². The van der Waals surface area contributed by atoms with Crippen LogP contribution in [0.2, 0.25) is 0 Å². The highest BCUT2D eigenvalue weighted by Gasteiger charge is 2.32. The van der Waals surface area contributed by atoms with Crippen molar-refractivity contribution in [3.05, 3.63) is 117 Å². The van der Waals surface area contributed by atoms with Gasteiger partial charge in [0.2, 0.25) is 0 Å². The maximum atomic E-state index is 13.5. The molecule has 0 atom stereocenters. The van der Waals surface area contributed by atoms with Crippen molar-refractivity contribution in [2.45, 2.75) is 12.7 Å². The molecule has 34 heavy (non-hydrogen) atoms. The predicted octanol–water partition coefficient (Wildman–Crippen LogP) is 5.92. The van der Waals surface area contributed by atoms with Crippen molar-refractivity contribution in [3.63, 3.8) is 0 Å². The Labute approximate surface area is 199 Å². The summed E-state index contributed by atoms with van der Waals surface area (Å²) in [5.74, 6) is -0.293. The fourth-order valence-electron chi connectivity index (χ4n) is 3.72. The van der Waals surface area contributed by atoms with Gasteiger partial charge in [-0.1, -0.05) is 54.2 Å². The number of amidine groups is 1. The molecule has 1 aliphatic heterocycles. The molecule has 0 radical (unpaired) electrons. The predicted molar refractivity (Wildman–Crippen MR) is 134 cm³/mol. The molecule has 0 saturated heterocycles. The van der Waals surface area contributed by atoms with E-state index in [0.717, 1.165) is 22.1 Å². The summed E-state index contributed by atoms with van der Waals surface area (Å²) < 4.78 is 18.9. The van der Waals surface area contributed by atoms with Gasteiger partial charge in [0.1, 0.15) is 17.1 Å². The van der Waals surface area contributed by atoms with Crippen LogP contribution in [0.15, 0.2) is 98.8 Å². The first kappa shape index (κ1) is 21.9. The van der Waals surface area contributed by atoms with Gasteiger partial charge in [-0.25, -0.2) is 14.2 Å². The van der Waals surface area contributed by atoms with Crippen LogP contribution in [-0.4, -0.2) is 11.1 Å². The van der Waals surface area contributed by atoms with Crippen molar-refractivity contribution in [2.24, 2.45) is 4.99 Å². The molecule has 2 heterocycles. The Morgan fingerprint density at radius 3 is 2.53 bits per heavy atom. The van der Waals surface area contributed by atoms with Crippen molar-refractivity contribution in [1.29, 1.82) is 0 Å². The number of fused-ring (bicyclic) bond motifs is 1. The normalized spacial score (nSPS) is 14.8. The van der Waals surface area contributed by atoms with Crippen LogP contribution in [0.5, 0.6) is 0 Å². The molecular weight excluding hydrogens is 451 g/mol. The maximum Gasteiger partial charge on any atom is 0.336 e. The van der Waals surface area contributed by atoms with E-state index in [1.54, 1.807) is 18.2 Å². The zero-order valence-corrected chi connectivity index (χ0v) is 19.0. The molecule has 0 saturated carbocycles. The molecule has 0 N–H and O–H groups in total. The highest BCUT2D eigenvalue weighted by molar-refractivity contribution is 8.13. The van der Waals surface area contributed by atoms with Gasteiger partial charge in [0.25, 0.3) is 5.91 Å². The quantitative estimate of drug-likeness (QED) is 0.274. The van der Waals surface area contributed by atoms with Crippen LogP contribution in [0.1, 0.15) is 16.7 Å². The fraction of sp³-hybridized carbons (Fsp3) is 0.0741. The fourth-order valence-corrected chi connectivity index (χ4v) is 4.72. The molecule has 4 aromatic rings. The van der Waals surface area contributed by atoms with Gasteiger partial charge in [0.05, 0.1) is 5.69 Å². The number of carbonyl (C=O) groups is 1. The smallest absolute Gasteiger partial charge is 0.336 e. The number of amides is 1. The van der Waals surface area contributed by atoms with E-state index in [2.05, 4.69) is 4.99 Å². The summed E-state index contributed by atoms with van der Waals surface area (Å²) in [4.78, 5) is 31.5. The molecule has 5 nitrogen and oxygen atoms in total. The molecule has 0 spiro atoms. The Kier molecular flexibility index (Phi) is 5.86. The summed E-state index contributed by atoms with van der Waals surface area (Å²) in [7, 11) is 0. The second kappa shape index (κ2) is 9.11. The van der Waals surface area contributed by atoms with Crippen molar-refractivity contribution in [3.8, 4) is 0 Å². The van der Waals surface area contributed by atoms with Crippen LogP contribution >= 0.6 is 11.8 Å². The molecule has 7 heteroatoms. The van der Waals surface area contributed by atoms with Crippen LogP contribution in [-0.2, 0) is 10.5 Å². The highest BCUT2D eigenvalue weighted by Crippen LogP contribution is 2.32. The lowest BCUT2D eigenvalue weighted by molar-refractivity contribution is -0.113. The summed E-state index contributed by atoms with van der Waals surface area (Å²) in [6.07, 6.45) is 1.72. The van der Waals surface area contributed by atoms with Gasteiger partial charge in [-0.15, -0.1) is 0 Å². The van der Waals surface area contributed by atoms with Crippen LogP contribution < -0.4 is 10.5 Å². The van der Waals surface area contributed by atoms with E-state index in [1.807, 2.05) is 55.5 Å². The van der Waals surface area contributed by atoms with Gasteiger partial charge in [0, 0.05) is 17.2 Å². The number of hydrogen-bond acceptors (Lipinski definition) is 5. The monoisotopic (exact) mass is 470 g/mol. The number of anilines is 1. The Morgan fingerprint density at radius 1 is 1.00 bits per heavy atom. The molecular formula is C27H19FN2O3S. The van der Waals surface area contributed by atoms with E-state index >= 15 is 0 Å². The van der Waals surface area contributed by atoms with Gasteiger partial charge in [0.15, 0.2) is 5.17 Å². The molecule has 1 aromatic heterocycles. The first-order valence-corrected chi connectivity index (χ1v) is 11.6. The second-order valence-electron chi connectivity index (χ2n) is 7.83. The van der Waals surface area contributed by atoms with E-state index in [0.29, 0.717) is 22.2 Å². The number of halogens is 1. The third kappa shape index (κ3) is 4.43. The summed E-state index contributed by atoms with van der Waals surface area (Å²) in [6, 6.07) is 22.3. The third-order valence-corrected chi connectivity index (χ3v) is 6.35. The minimum Gasteiger partial charge on any atom is -0.423 e. The van der Waals surface area contributed by atoms with Gasteiger partial charge >= 0.3 is 5.63 Å². The van der Waals surface area contributed by atoms with E-state index in [-0.39, 0.29) is 17.4 Å². The SMILES string of the molecule is Cc1ccc2c(CSC3=N/C(=C\c4ccccc4)C(=O)N3c3ccc(F)cc3)cc(=O)oc2c1. The number of rotatable bonds is 4. The first-order chi connectivity index (χ1) is 16.5. The number of carbonyl (C=O) groups excluding carboxylic acids is 1. The minimum atomic E-state index is -0.432. The Bertz CT molecular complexity index is 1510. The maximum absolute atomic E-state index is 13.5. The van der Waals surface area contributed by atoms with Crippen molar-refractivity contribution in [2.75, 3.05) is 4.90 Å². The molecule has 5 rings (SSSR count). The summed E-state index contributed by atoms with van der Waals surface area (Å²) >= 11 is 1.33. The second-order valence-corrected chi connectivity index (χ2v) is 8.77. The molecule has 0 bridgehead atoms. The number of hydrogen-bond donors (Lipinski definition) is 0. The van der Waals surface area contributed by atoms with Crippen LogP contribution in [0.25, 0.3) is 17.0 Å². The highest BCUT2D eigenvalue weighted by atomic mass is 32.2. The van der Waals surface area contributed by atoms with Gasteiger partial charge < -0.3 is 4.42 Å². The number of benzene rings is 3. The molecule has 1 amide bonds. The van der Waals surface area contributed by atoms with Gasteiger partial charge in [-0.3, -0.25) is 9.69 Å². The number of aryl methyl sites for hydroxylation is 1. The lowest BCUT2D eigenvalue weighted by Crippen LogP contribution is -2.30. The van der Waals surface area contributed by atoms with Crippen LogP contribution in [0, 0.1) is 12.7 Å². The largest absolute Gasteiger partial charge is 0.423 e. The molecule has 0 aliphatic carbocycles. The Hall–Kier alpha value is -3.97.